The second kappa shape index (κ2) is 7.58. The molecule has 21 heavy (non-hydrogen) atoms. The molecule has 0 saturated carbocycles. The van der Waals surface area contributed by atoms with Crippen molar-refractivity contribution in [2.24, 2.45) is 0 Å². The Balaban J connectivity index is 2.66. The number of aliphatic hydroxyl groups excluding tert-OH is 1. The minimum atomic E-state index is -0.872. The van der Waals surface area contributed by atoms with Gasteiger partial charge < -0.3 is 14.7 Å². The molecule has 1 aromatic carbocycles. The Morgan fingerprint density at radius 1 is 1.48 bits per heavy atom. The summed E-state index contributed by atoms with van der Waals surface area (Å²) in [6, 6.07) is 4.09. The highest BCUT2D eigenvalue weighted by Gasteiger charge is 2.15. The molecule has 0 spiro atoms. The summed E-state index contributed by atoms with van der Waals surface area (Å²) in [7, 11) is 3.37. The number of non-ortho nitro benzene ring substituents is 1. The molecule has 0 fully saturated rings. The lowest BCUT2D eigenvalue weighted by Gasteiger charge is -2.14. The van der Waals surface area contributed by atoms with Gasteiger partial charge in [0.15, 0.2) is 0 Å². The van der Waals surface area contributed by atoms with Gasteiger partial charge in [-0.15, -0.1) is 0 Å². The smallest absolute Gasteiger partial charge is 0.270 e. The molecule has 1 aromatic rings. The number of benzene rings is 1. The molecule has 1 N–H and O–H groups in total. The van der Waals surface area contributed by atoms with Crippen LogP contribution in [0.5, 0.6) is 5.75 Å². The Morgan fingerprint density at radius 2 is 2.14 bits per heavy atom. The molecule has 1 unspecified atom stereocenters. The first-order chi connectivity index (χ1) is 9.82. The number of nitro benzene ring substituents is 1. The Kier molecular flexibility index (Phi) is 6.10. The van der Waals surface area contributed by atoms with E-state index < -0.39 is 11.0 Å². The summed E-state index contributed by atoms with van der Waals surface area (Å²) in [5.41, 5.74) is 0.268. The molecule has 7 heteroatoms. The summed E-state index contributed by atoms with van der Waals surface area (Å²) >= 11 is 0. The van der Waals surface area contributed by atoms with E-state index in [1.165, 1.54) is 30.0 Å². The molecule has 1 rings (SSSR count). The first kappa shape index (κ1) is 16.9. The van der Waals surface area contributed by atoms with Crippen LogP contribution in [-0.2, 0) is 4.79 Å². The highest BCUT2D eigenvalue weighted by atomic mass is 16.6. The zero-order chi connectivity index (χ0) is 16.0. The Bertz CT molecular complexity index is 514. The molecule has 1 atom stereocenters. The van der Waals surface area contributed by atoms with Crippen LogP contribution < -0.4 is 4.74 Å². The van der Waals surface area contributed by atoms with Gasteiger partial charge in [0.1, 0.15) is 5.75 Å². The number of ether oxygens (including phenoxy) is 1. The number of hydrogen-bond donors (Lipinski definition) is 1. The average molecular weight is 296 g/mol. The van der Waals surface area contributed by atoms with Crippen molar-refractivity contribution in [2.75, 3.05) is 20.7 Å². The van der Waals surface area contributed by atoms with Crippen molar-refractivity contribution in [2.45, 2.75) is 25.9 Å². The van der Waals surface area contributed by atoms with Gasteiger partial charge >= 0.3 is 0 Å². The van der Waals surface area contributed by atoms with Crippen molar-refractivity contribution in [3.8, 4) is 5.75 Å². The first-order valence-electron chi connectivity index (χ1n) is 6.62. The minimum absolute atomic E-state index is 0.0121. The highest BCUT2D eigenvalue weighted by molar-refractivity contribution is 5.75. The van der Waals surface area contributed by atoms with E-state index in [-0.39, 0.29) is 11.6 Å². The predicted octanol–water partition coefficient (Wildman–Crippen LogP) is 1.90. The molecule has 1 amide bonds. The topological polar surface area (TPSA) is 92.9 Å². The summed E-state index contributed by atoms with van der Waals surface area (Å²) in [6.45, 7) is 1.82. The fraction of sp³-hybridized carbons (Fsp3) is 0.500. The number of amides is 1. The van der Waals surface area contributed by atoms with Crippen LogP contribution in [0.15, 0.2) is 18.2 Å². The van der Waals surface area contributed by atoms with Crippen LogP contribution in [0.25, 0.3) is 0 Å². The van der Waals surface area contributed by atoms with Crippen molar-refractivity contribution in [3.63, 3.8) is 0 Å². The Hall–Kier alpha value is -2.15. The molecular formula is C14H20N2O5. The molecule has 0 aliphatic carbocycles. The first-order valence-corrected chi connectivity index (χ1v) is 6.62. The largest absolute Gasteiger partial charge is 0.493 e. The van der Waals surface area contributed by atoms with Gasteiger partial charge in [-0.2, -0.15) is 0 Å². The van der Waals surface area contributed by atoms with Crippen molar-refractivity contribution in [3.05, 3.63) is 33.9 Å². The zero-order valence-electron chi connectivity index (χ0n) is 12.4. The summed E-state index contributed by atoms with van der Waals surface area (Å²) < 4.78 is 5.51. The lowest BCUT2D eigenvalue weighted by Crippen LogP contribution is -2.21. The minimum Gasteiger partial charge on any atom is -0.493 e. The quantitative estimate of drug-likeness (QED) is 0.471. The SMILES string of the molecule is CC(O)c1cc([N+](=O)[O-])ccc1OCCCC(=O)N(C)C. The van der Waals surface area contributed by atoms with Gasteiger partial charge in [-0.05, 0) is 19.4 Å². The van der Waals surface area contributed by atoms with Gasteiger partial charge in [-0.3, -0.25) is 14.9 Å². The van der Waals surface area contributed by atoms with Crippen molar-refractivity contribution < 1.29 is 19.6 Å². The van der Waals surface area contributed by atoms with Crippen molar-refractivity contribution >= 4 is 11.6 Å². The van der Waals surface area contributed by atoms with Crippen LogP contribution in [0.2, 0.25) is 0 Å². The van der Waals surface area contributed by atoms with Crippen LogP contribution in [0.3, 0.4) is 0 Å². The third kappa shape index (κ3) is 5.03. The van der Waals surface area contributed by atoms with Crippen LogP contribution >= 0.6 is 0 Å². The lowest BCUT2D eigenvalue weighted by atomic mass is 10.1. The van der Waals surface area contributed by atoms with Gasteiger partial charge in [0, 0.05) is 38.2 Å². The number of nitrogens with zero attached hydrogens (tertiary/aromatic N) is 2. The van der Waals surface area contributed by atoms with E-state index in [0.717, 1.165) is 0 Å². The maximum Gasteiger partial charge on any atom is 0.270 e. The van der Waals surface area contributed by atoms with Crippen LogP contribution in [0.4, 0.5) is 5.69 Å². The number of carbonyl (C=O) groups excluding carboxylic acids is 1. The maximum absolute atomic E-state index is 11.4. The third-order valence-electron chi connectivity index (χ3n) is 2.95. The number of rotatable bonds is 7. The van der Waals surface area contributed by atoms with E-state index in [2.05, 4.69) is 0 Å². The normalized spacial score (nSPS) is 11.8. The molecule has 116 valence electrons. The van der Waals surface area contributed by atoms with E-state index in [1.54, 1.807) is 14.1 Å². The number of hydrogen-bond acceptors (Lipinski definition) is 5. The number of nitro groups is 1. The molecular weight excluding hydrogens is 276 g/mol. The van der Waals surface area contributed by atoms with E-state index in [0.29, 0.717) is 30.8 Å². The molecule has 7 nitrogen and oxygen atoms in total. The van der Waals surface area contributed by atoms with Gasteiger partial charge in [0.25, 0.3) is 5.69 Å². The standard InChI is InChI=1S/C14H20N2O5/c1-10(17)12-9-11(16(19)20)6-7-13(12)21-8-4-5-14(18)15(2)3/h6-7,9-10,17H,4-5,8H2,1-3H3. The molecule has 0 aliphatic rings. The van der Waals surface area contributed by atoms with E-state index in [4.69, 9.17) is 4.74 Å². The summed E-state index contributed by atoms with van der Waals surface area (Å²) in [4.78, 5) is 23.1. The van der Waals surface area contributed by atoms with E-state index >= 15 is 0 Å². The fourth-order valence-electron chi connectivity index (χ4n) is 1.74. The van der Waals surface area contributed by atoms with Crippen LogP contribution in [0, 0.1) is 10.1 Å². The number of aliphatic hydroxyl groups is 1. The summed E-state index contributed by atoms with van der Waals surface area (Å²) in [6.07, 6.45) is 0.0281. The van der Waals surface area contributed by atoms with Gasteiger partial charge in [0.2, 0.25) is 5.91 Å². The molecule has 0 aromatic heterocycles. The second-order valence-electron chi connectivity index (χ2n) is 4.90. The molecule has 0 bridgehead atoms. The van der Waals surface area contributed by atoms with Gasteiger partial charge in [-0.25, -0.2) is 0 Å². The number of carbonyl (C=O) groups is 1. The molecule has 0 heterocycles. The second-order valence-corrected chi connectivity index (χ2v) is 4.90. The maximum atomic E-state index is 11.4. The molecule has 0 aliphatic heterocycles. The molecule has 0 saturated heterocycles. The summed E-state index contributed by atoms with van der Waals surface area (Å²) in [5, 5.41) is 20.4. The average Bonchev–Trinajstić information content (AvgIpc) is 2.42. The van der Waals surface area contributed by atoms with E-state index in [9.17, 15) is 20.0 Å². The fourth-order valence-corrected chi connectivity index (χ4v) is 1.74. The Labute approximate surface area is 123 Å². The zero-order valence-corrected chi connectivity index (χ0v) is 12.4. The summed E-state index contributed by atoms with van der Waals surface area (Å²) in [5.74, 6) is 0.408. The highest BCUT2D eigenvalue weighted by Crippen LogP contribution is 2.29. The monoisotopic (exact) mass is 296 g/mol. The van der Waals surface area contributed by atoms with Gasteiger partial charge in [-0.1, -0.05) is 0 Å². The van der Waals surface area contributed by atoms with Gasteiger partial charge in [0.05, 0.1) is 17.6 Å². The van der Waals surface area contributed by atoms with Crippen LogP contribution in [0.1, 0.15) is 31.4 Å². The third-order valence-corrected chi connectivity index (χ3v) is 2.95. The lowest BCUT2D eigenvalue weighted by molar-refractivity contribution is -0.385. The predicted molar refractivity (Wildman–Crippen MR) is 77.2 cm³/mol. The molecule has 0 radical (unpaired) electrons. The van der Waals surface area contributed by atoms with Crippen molar-refractivity contribution in [1.29, 1.82) is 0 Å². The van der Waals surface area contributed by atoms with Crippen LogP contribution in [-0.4, -0.2) is 41.5 Å². The van der Waals surface area contributed by atoms with E-state index in [1.807, 2.05) is 0 Å². The van der Waals surface area contributed by atoms with Crippen molar-refractivity contribution in [1.82, 2.24) is 4.90 Å². The Morgan fingerprint density at radius 3 is 2.67 bits per heavy atom.